The minimum absolute atomic E-state index is 0.324. The summed E-state index contributed by atoms with van der Waals surface area (Å²) in [5.41, 5.74) is 2.16. The molecule has 2 aromatic heterocycles. The van der Waals surface area contributed by atoms with Gasteiger partial charge >= 0.3 is 0 Å². The molecule has 0 spiro atoms. The molecule has 0 saturated heterocycles. The summed E-state index contributed by atoms with van der Waals surface area (Å²) < 4.78 is 5.39. The van der Waals surface area contributed by atoms with Gasteiger partial charge in [-0.25, -0.2) is 0 Å². The van der Waals surface area contributed by atoms with Gasteiger partial charge in [0.1, 0.15) is 0 Å². The summed E-state index contributed by atoms with van der Waals surface area (Å²) in [4.78, 5) is 10.8. The molecule has 0 aliphatic heterocycles. The molecule has 5 heteroatoms. The molecule has 2 heterocycles. The van der Waals surface area contributed by atoms with Crippen LogP contribution in [0.1, 0.15) is 30.8 Å². The summed E-state index contributed by atoms with van der Waals surface area (Å²) in [5.74, 6) is 1.19. The lowest BCUT2D eigenvalue weighted by Crippen LogP contribution is -2.23. The summed E-state index contributed by atoms with van der Waals surface area (Å²) in [6.45, 7) is 2.80. The van der Waals surface area contributed by atoms with E-state index in [2.05, 4.69) is 58.3 Å². The smallest absolute Gasteiger partial charge is 0.241 e. The van der Waals surface area contributed by atoms with E-state index < -0.39 is 0 Å². The first-order chi connectivity index (χ1) is 11.3. The molecule has 0 aliphatic rings. The maximum absolute atomic E-state index is 5.39. The van der Waals surface area contributed by atoms with Crippen LogP contribution >= 0.6 is 0 Å². The van der Waals surface area contributed by atoms with Gasteiger partial charge in [-0.15, -0.1) is 0 Å². The largest absolute Gasteiger partial charge is 0.338 e. The number of pyridine rings is 1. The fourth-order valence-electron chi connectivity index (χ4n) is 2.73. The van der Waals surface area contributed by atoms with Crippen molar-refractivity contribution < 1.29 is 4.52 Å². The molecule has 0 unspecified atom stereocenters. The van der Waals surface area contributed by atoms with Crippen LogP contribution in [0.2, 0.25) is 0 Å². The van der Waals surface area contributed by atoms with E-state index in [9.17, 15) is 0 Å². The van der Waals surface area contributed by atoms with Crippen LogP contribution in [0.15, 0.2) is 59.4 Å². The highest BCUT2D eigenvalue weighted by molar-refractivity contribution is 5.51. The van der Waals surface area contributed by atoms with Gasteiger partial charge in [-0.05, 0) is 31.2 Å². The zero-order valence-electron chi connectivity index (χ0n) is 13.4. The second kappa shape index (κ2) is 7.15. The molecule has 0 fully saturated rings. The van der Waals surface area contributed by atoms with Crippen molar-refractivity contribution in [2.45, 2.75) is 25.9 Å². The molecule has 1 aromatic carbocycles. The van der Waals surface area contributed by atoms with Crippen molar-refractivity contribution in [1.82, 2.24) is 20.0 Å². The second-order valence-corrected chi connectivity index (χ2v) is 5.50. The lowest BCUT2D eigenvalue weighted by atomic mass is 10.0. The van der Waals surface area contributed by atoms with Gasteiger partial charge in [0, 0.05) is 24.0 Å². The van der Waals surface area contributed by atoms with E-state index in [0.29, 0.717) is 24.3 Å². The van der Waals surface area contributed by atoms with E-state index in [1.807, 2.05) is 18.2 Å². The Balaban J connectivity index is 1.73. The Hall–Kier alpha value is -2.53. The quantitative estimate of drug-likeness (QED) is 0.694. The number of aromatic nitrogens is 3. The van der Waals surface area contributed by atoms with Crippen LogP contribution in [0.3, 0.4) is 0 Å². The second-order valence-electron chi connectivity index (χ2n) is 5.50. The van der Waals surface area contributed by atoms with Crippen LogP contribution in [-0.4, -0.2) is 27.1 Å². The molecule has 3 rings (SSSR count). The molecule has 0 saturated carbocycles. The van der Waals surface area contributed by atoms with Crippen LogP contribution in [0.25, 0.3) is 11.4 Å². The Labute approximate surface area is 136 Å². The molecular formula is C18H20N4O. The Morgan fingerprint density at radius 2 is 1.96 bits per heavy atom. The van der Waals surface area contributed by atoms with Crippen molar-refractivity contribution in [3.63, 3.8) is 0 Å². The Kier molecular flexibility index (Phi) is 4.78. The van der Waals surface area contributed by atoms with Crippen LogP contribution in [-0.2, 0) is 6.54 Å². The monoisotopic (exact) mass is 308 g/mol. The summed E-state index contributed by atoms with van der Waals surface area (Å²) in [6, 6.07) is 14.6. The van der Waals surface area contributed by atoms with Crippen molar-refractivity contribution in [2.24, 2.45) is 0 Å². The van der Waals surface area contributed by atoms with Gasteiger partial charge in [-0.3, -0.25) is 9.88 Å². The molecule has 0 radical (unpaired) electrons. The van der Waals surface area contributed by atoms with Crippen LogP contribution in [0.5, 0.6) is 0 Å². The highest BCUT2D eigenvalue weighted by Crippen LogP contribution is 2.24. The van der Waals surface area contributed by atoms with Gasteiger partial charge in [0.25, 0.3) is 0 Å². The normalized spacial score (nSPS) is 12.5. The molecule has 118 valence electrons. The lowest BCUT2D eigenvalue weighted by molar-refractivity contribution is 0.200. The third-order valence-electron chi connectivity index (χ3n) is 3.88. The minimum atomic E-state index is 0.324. The van der Waals surface area contributed by atoms with E-state index in [1.54, 1.807) is 12.4 Å². The minimum Gasteiger partial charge on any atom is -0.338 e. The molecule has 23 heavy (non-hydrogen) atoms. The highest BCUT2D eigenvalue weighted by Gasteiger charge is 2.18. The first-order valence-electron chi connectivity index (χ1n) is 7.76. The maximum atomic E-state index is 5.39. The molecule has 0 aliphatic carbocycles. The number of benzene rings is 1. The number of nitrogens with zero attached hydrogens (tertiary/aromatic N) is 4. The third kappa shape index (κ3) is 3.63. The Morgan fingerprint density at radius 1 is 1.13 bits per heavy atom. The average Bonchev–Trinajstić information content (AvgIpc) is 3.06. The Bertz CT molecular complexity index is 727. The number of rotatable bonds is 6. The summed E-state index contributed by atoms with van der Waals surface area (Å²) in [7, 11) is 2.08. The van der Waals surface area contributed by atoms with Gasteiger partial charge in [-0.1, -0.05) is 42.4 Å². The van der Waals surface area contributed by atoms with Gasteiger partial charge in [0.05, 0.1) is 6.54 Å². The summed E-state index contributed by atoms with van der Waals surface area (Å²) >= 11 is 0. The first-order valence-corrected chi connectivity index (χ1v) is 7.76. The van der Waals surface area contributed by atoms with Gasteiger partial charge in [0.15, 0.2) is 0 Å². The standard InChI is InChI=1S/C18H20N4O/c1-3-16(14-8-5-4-6-9-14)22(2)13-17-20-18(21-23-17)15-10-7-11-19-12-15/h4-12,16H,3,13H2,1-2H3/t16-/m0/s1. The first kappa shape index (κ1) is 15.4. The molecule has 0 N–H and O–H groups in total. The van der Waals surface area contributed by atoms with Crippen molar-refractivity contribution in [3.05, 3.63) is 66.3 Å². The van der Waals surface area contributed by atoms with Crippen molar-refractivity contribution >= 4 is 0 Å². The molecule has 5 nitrogen and oxygen atoms in total. The number of hydrogen-bond donors (Lipinski definition) is 0. The van der Waals surface area contributed by atoms with Crippen LogP contribution < -0.4 is 0 Å². The molecule has 1 atom stereocenters. The average molecular weight is 308 g/mol. The summed E-state index contributed by atoms with van der Waals surface area (Å²) in [5, 5.41) is 4.04. The molecule has 0 amide bonds. The van der Waals surface area contributed by atoms with E-state index in [1.165, 1.54) is 5.56 Å². The highest BCUT2D eigenvalue weighted by atomic mass is 16.5. The van der Waals surface area contributed by atoms with E-state index in [-0.39, 0.29) is 0 Å². The lowest BCUT2D eigenvalue weighted by Gasteiger charge is -2.26. The van der Waals surface area contributed by atoms with E-state index in [0.717, 1.165) is 12.0 Å². The predicted octanol–water partition coefficient (Wildman–Crippen LogP) is 3.71. The molecule has 0 bridgehead atoms. The van der Waals surface area contributed by atoms with Crippen LogP contribution in [0, 0.1) is 0 Å². The number of hydrogen-bond acceptors (Lipinski definition) is 5. The zero-order valence-corrected chi connectivity index (χ0v) is 13.4. The van der Waals surface area contributed by atoms with E-state index in [4.69, 9.17) is 4.52 Å². The topological polar surface area (TPSA) is 55.1 Å². The van der Waals surface area contributed by atoms with Crippen molar-refractivity contribution in [2.75, 3.05) is 7.05 Å². The molecule has 3 aromatic rings. The van der Waals surface area contributed by atoms with Crippen molar-refractivity contribution in [1.29, 1.82) is 0 Å². The van der Waals surface area contributed by atoms with Crippen LogP contribution in [0.4, 0.5) is 0 Å². The SMILES string of the molecule is CC[C@@H](c1ccccc1)N(C)Cc1nc(-c2cccnc2)no1. The predicted molar refractivity (Wildman–Crippen MR) is 88.5 cm³/mol. The Morgan fingerprint density at radius 3 is 2.65 bits per heavy atom. The van der Waals surface area contributed by atoms with E-state index >= 15 is 0 Å². The van der Waals surface area contributed by atoms with Crippen molar-refractivity contribution in [3.8, 4) is 11.4 Å². The fraction of sp³-hybridized carbons (Fsp3) is 0.278. The van der Waals surface area contributed by atoms with Gasteiger partial charge in [0.2, 0.25) is 11.7 Å². The maximum Gasteiger partial charge on any atom is 0.241 e. The van der Waals surface area contributed by atoms with Gasteiger partial charge < -0.3 is 4.52 Å². The molecular weight excluding hydrogens is 288 g/mol. The fourth-order valence-corrected chi connectivity index (χ4v) is 2.73. The third-order valence-corrected chi connectivity index (χ3v) is 3.88. The van der Waals surface area contributed by atoms with Gasteiger partial charge in [-0.2, -0.15) is 4.98 Å². The zero-order chi connectivity index (χ0) is 16.1. The summed E-state index contributed by atoms with van der Waals surface area (Å²) in [6.07, 6.45) is 4.48.